The van der Waals surface area contributed by atoms with Gasteiger partial charge in [0, 0.05) is 24.2 Å². The van der Waals surface area contributed by atoms with Crippen molar-refractivity contribution < 1.29 is 54.8 Å². The fourth-order valence-corrected chi connectivity index (χ4v) is 5.26. The number of halogens is 6. The Bertz CT molecular complexity index is 1600. The number of methoxy groups -OCH3 is 4. The fraction of sp³-hybridized carbons (Fsp3) is 0.405. The number of benzene rings is 2. The summed E-state index contributed by atoms with van der Waals surface area (Å²) in [7, 11) is 7.39. The number of nitrogens with zero attached hydrogens (tertiary/aromatic N) is 3. The predicted octanol–water partition coefficient (Wildman–Crippen LogP) is 7.96. The lowest BCUT2D eigenvalue weighted by molar-refractivity contribution is -0.154. The molecule has 2 heterocycles. The van der Waals surface area contributed by atoms with Gasteiger partial charge in [0.1, 0.15) is 0 Å². The van der Waals surface area contributed by atoms with Gasteiger partial charge in [0.2, 0.25) is 11.5 Å². The van der Waals surface area contributed by atoms with Gasteiger partial charge in [0.25, 0.3) is 0 Å². The highest BCUT2D eigenvalue weighted by Crippen LogP contribution is 2.43. The summed E-state index contributed by atoms with van der Waals surface area (Å²) in [5.74, 6) is 0.101. The molecule has 294 valence electrons. The first kappa shape index (κ1) is 41.4. The van der Waals surface area contributed by atoms with Gasteiger partial charge < -0.3 is 44.0 Å². The van der Waals surface area contributed by atoms with Gasteiger partial charge in [-0.2, -0.15) is 26.3 Å². The normalized spacial score (nSPS) is 11.6. The second kappa shape index (κ2) is 19.1. The van der Waals surface area contributed by atoms with Crippen molar-refractivity contribution in [3.63, 3.8) is 0 Å². The van der Waals surface area contributed by atoms with E-state index in [1.54, 1.807) is 48.8 Å². The number of anilines is 2. The van der Waals surface area contributed by atoms with Crippen molar-refractivity contribution >= 4 is 11.4 Å². The summed E-state index contributed by atoms with van der Waals surface area (Å²) in [5.41, 5.74) is 3.97. The molecule has 2 aromatic carbocycles. The summed E-state index contributed by atoms with van der Waals surface area (Å²) in [4.78, 5) is 11.2. The molecule has 0 amide bonds. The SMILES string of the molecule is COc1cc(-c2ccc(NCCCN(C)CCCNc3ccc(-c4cc(OC)c(OCC(F)(F)F)c(OC)c4)nc3)cn2)cc(OC)c1OCC(F)(F)F. The highest BCUT2D eigenvalue weighted by molar-refractivity contribution is 5.70. The summed E-state index contributed by atoms with van der Waals surface area (Å²) in [6.45, 7) is 0.208. The van der Waals surface area contributed by atoms with Crippen LogP contribution in [0.3, 0.4) is 0 Å². The molecule has 2 aromatic heterocycles. The summed E-state index contributed by atoms with van der Waals surface area (Å²) < 4.78 is 107. The molecule has 17 heteroatoms. The molecule has 0 radical (unpaired) electrons. The number of alkyl halides is 6. The summed E-state index contributed by atoms with van der Waals surface area (Å²) >= 11 is 0. The number of hydrogen-bond acceptors (Lipinski definition) is 11. The Morgan fingerprint density at radius 1 is 0.574 bits per heavy atom. The Balaban J connectivity index is 1.19. The Morgan fingerprint density at radius 2 is 0.926 bits per heavy atom. The maximum absolute atomic E-state index is 12.7. The Labute approximate surface area is 309 Å². The van der Waals surface area contributed by atoms with Crippen molar-refractivity contribution in [3.8, 4) is 57.0 Å². The van der Waals surface area contributed by atoms with Crippen LogP contribution in [0, 0.1) is 0 Å². The van der Waals surface area contributed by atoms with Crippen LogP contribution in [-0.4, -0.2) is 102 Å². The van der Waals surface area contributed by atoms with Crippen LogP contribution in [0.1, 0.15) is 12.8 Å². The molecule has 0 saturated carbocycles. The monoisotopic (exact) mass is 767 g/mol. The Hall–Kier alpha value is -5.32. The van der Waals surface area contributed by atoms with Crippen LogP contribution in [-0.2, 0) is 0 Å². The first-order valence-corrected chi connectivity index (χ1v) is 16.7. The molecular weight excluding hydrogens is 724 g/mol. The van der Waals surface area contributed by atoms with Gasteiger partial charge in [-0.25, -0.2) is 0 Å². The second-order valence-electron chi connectivity index (χ2n) is 12.0. The van der Waals surface area contributed by atoms with Gasteiger partial charge in [0.15, 0.2) is 36.2 Å². The molecule has 0 aliphatic rings. The maximum atomic E-state index is 12.7. The van der Waals surface area contributed by atoms with E-state index in [2.05, 4.69) is 32.5 Å². The third-order valence-corrected chi connectivity index (χ3v) is 7.89. The second-order valence-corrected chi connectivity index (χ2v) is 12.0. The van der Waals surface area contributed by atoms with Crippen molar-refractivity contribution in [2.75, 3.05) is 85.5 Å². The topological polar surface area (TPSA) is 108 Å². The smallest absolute Gasteiger partial charge is 0.422 e. The minimum Gasteiger partial charge on any atom is -0.493 e. The van der Waals surface area contributed by atoms with Gasteiger partial charge in [-0.15, -0.1) is 0 Å². The molecule has 54 heavy (non-hydrogen) atoms. The van der Waals surface area contributed by atoms with Crippen molar-refractivity contribution in [1.29, 1.82) is 0 Å². The van der Waals surface area contributed by atoms with Crippen molar-refractivity contribution in [1.82, 2.24) is 14.9 Å². The van der Waals surface area contributed by atoms with Crippen LogP contribution >= 0.6 is 0 Å². The molecular formula is C37H43F6N5O6. The Kier molecular flexibility index (Phi) is 14.7. The number of ether oxygens (including phenoxy) is 6. The molecule has 4 rings (SSSR count). The van der Waals surface area contributed by atoms with E-state index in [1.807, 2.05) is 12.1 Å². The molecule has 0 spiro atoms. The fourth-order valence-electron chi connectivity index (χ4n) is 5.26. The van der Waals surface area contributed by atoms with Crippen LogP contribution in [0.25, 0.3) is 22.5 Å². The zero-order valence-electron chi connectivity index (χ0n) is 30.5. The van der Waals surface area contributed by atoms with E-state index < -0.39 is 25.6 Å². The van der Waals surface area contributed by atoms with Crippen molar-refractivity contribution in [2.45, 2.75) is 25.2 Å². The highest BCUT2D eigenvalue weighted by Gasteiger charge is 2.31. The summed E-state index contributed by atoms with van der Waals surface area (Å²) in [6.07, 6.45) is -3.90. The zero-order chi connectivity index (χ0) is 39.3. The van der Waals surface area contributed by atoms with E-state index in [4.69, 9.17) is 28.4 Å². The average Bonchev–Trinajstić information content (AvgIpc) is 3.15. The highest BCUT2D eigenvalue weighted by atomic mass is 19.4. The van der Waals surface area contributed by atoms with Crippen LogP contribution in [0.4, 0.5) is 37.7 Å². The number of nitrogens with one attached hydrogen (secondary N) is 2. The van der Waals surface area contributed by atoms with Gasteiger partial charge in [-0.05, 0) is 81.5 Å². The molecule has 4 aromatic rings. The lowest BCUT2D eigenvalue weighted by Crippen LogP contribution is -2.24. The lowest BCUT2D eigenvalue weighted by atomic mass is 10.1. The van der Waals surface area contributed by atoms with E-state index in [-0.39, 0.29) is 34.5 Å². The molecule has 0 atom stereocenters. The van der Waals surface area contributed by atoms with E-state index in [1.165, 1.54) is 28.4 Å². The largest absolute Gasteiger partial charge is 0.493 e. The van der Waals surface area contributed by atoms with Crippen LogP contribution in [0.5, 0.6) is 34.5 Å². The number of pyridine rings is 2. The molecule has 0 aliphatic heterocycles. The van der Waals surface area contributed by atoms with Gasteiger partial charge >= 0.3 is 12.4 Å². The molecule has 11 nitrogen and oxygen atoms in total. The van der Waals surface area contributed by atoms with E-state index in [0.29, 0.717) is 22.5 Å². The van der Waals surface area contributed by atoms with E-state index in [9.17, 15) is 26.3 Å². The standard InChI is InChI=1S/C37H43F6N5O6/c1-48(14-6-12-44-26-8-10-28(46-20-26)24-16-30(49-2)34(31(17-24)50-3)53-22-36(38,39)40)15-7-13-45-27-9-11-29(47-21-27)25-18-32(51-4)35(33(19-25)52-5)54-23-37(41,42)43/h8-11,16-21,44-45H,6-7,12-15,22-23H2,1-5H3. The molecule has 0 bridgehead atoms. The summed E-state index contributed by atoms with van der Waals surface area (Å²) in [6, 6.07) is 13.5. The van der Waals surface area contributed by atoms with Crippen LogP contribution < -0.4 is 39.1 Å². The Morgan fingerprint density at radius 3 is 1.20 bits per heavy atom. The molecule has 0 saturated heterocycles. The van der Waals surface area contributed by atoms with Crippen LogP contribution in [0.2, 0.25) is 0 Å². The molecule has 0 aliphatic carbocycles. The van der Waals surface area contributed by atoms with Crippen LogP contribution in [0.15, 0.2) is 60.9 Å². The molecule has 0 fully saturated rings. The lowest BCUT2D eigenvalue weighted by Gasteiger charge is -2.18. The van der Waals surface area contributed by atoms with E-state index in [0.717, 1.165) is 50.4 Å². The minimum absolute atomic E-state index is 0.0949. The summed E-state index contributed by atoms with van der Waals surface area (Å²) in [5, 5.41) is 6.70. The average molecular weight is 768 g/mol. The third kappa shape index (κ3) is 12.4. The quantitative estimate of drug-likeness (QED) is 0.0676. The maximum Gasteiger partial charge on any atom is 0.422 e. The van der Waals surface area contributed by atoms with Gasteiger partial charge in [-0.3, -0.25) is 9.97 Å². The first-order valence-electron chi connectivity index (χ1n) is 16.7. The van der Waals surface area contributed by atoms with Crippen molar-refractivity contribution in [2.24, 2.45) is 0 Å². The first-order chi connectivity index (χ1) is 25.7. The molecule has 0 unspecified atom stereocenters. The predicted molar refractivity (Wildman–Crippen MR) is 192 cm³/mol. The number of hydrogen-bond donors (Lipinski definition) is 2. The zero-order valence-corrected chi connectivity index (χ0v) is 30.5. The van der Waals surface area contributed by atoms with E-state index >= 15 is 0 Å². The van der Waals surface area contributed by atoms with Gasteiger partial charge in [0.05, 0.1) is 63.6 Å². The van der Waals surface area contributed by atoms with Gasteiger partial charge in [-0.1, -0.05) is 0 Å². The minimum atomic E-state index is -4.51. The number of aromatic nitrogens is 2. The van der Waals surface area contributed by atoms with Crippen molar-refractivity contribution in [3.05, 3.63) is 60.9 Å². The third-order valence-electron chi connectivity index (χ3n) is 7.89. The number of rotatable bonds is 20. The molecule has 2 N–H and O–H groups in total.